The number of hydrogen-bond donors (Lipinski definition) is 2. The van der Waals surface area contributed by atoms with Crippen molar-refractivity contribution in [3.8, 4) is 0 Å². The molecular formula is C14H22N2O. The van der Waals surface area contributed by atoms with E-state index in [0.29, 0.717) is 6.54 Å². The summed E-state index contributed by atoms with van der Waals surface area (Å²) >= 11 is 0. The molecule has 0 radical (unpaired) electrons. The smallest absolute Gasteiger partial charge is 0.0842 e. The van der Waals surface area contributed by atoms with Crippen LogP contribution in [0.4, 0.5) is 0 Å². The van der Waals surface area contributed by atoms with Crippen LogP contribution in [0, 0.1) is 5.92 Å². The Hall–Kier alpha value is -0.900. The van der Waals surface area contributed by atoms with Gasteiger partial charge in [0.25, 0.3) is 0 Å². The summed E-state index contributed by atoms with van der Waals surface area (Å²) in [4.78, 5) is 2.41. The lowest BCUT2D eigenvalue weighted by atomic mass is 9.95. The molecule has 1 aromatic carbocycles. The Balaban J connectivity index is 1.97. The third-order valence-corrected chi connectivity index (χ3v) is 3.58. The highest BCUT2D eigenvalue weighted by molar-refractivity contribution is 5.18. The summed E-state index contributed by atoms with van der Waals surface area (Å²) < 4.78 is 0. The Morgan fingerprint density at radius 2 is 1.82 bits per heavy atom. The molecule has 1 aliphatic rings. The molecule has 17 heavy (non-hydrogen) atoms. The molecule has 0 spiro atoms. The normalized spacial score (nSPS) is 20.4. The van der Waals surface area contributed by atoms with E-state index in [1.54, 1.807) is 0 Å². The van der Waals surface area contributed by atoms with Crippen molar-refractivity contribution in [1.82, 2.24) is 4.90 Å². The van der Waals surface area contributed by atoms with Gasteiger partial charge in [0.2, 0.25) is 0 Å². The first kappa shape index (κ1) is 12.6. The second-order valence-corrected chi connectivity index (χ2v) is 4.86. The number of nitrogens with zero attached hydrogens (tertiary/aromatic N) is 1. The van der Waals surface area contributed by atoms with Gasteiger partial charge < -0.3 is 15.7 Å². The van der Waals surface area contributed by atoms with E-state index < -0.39 is 6.10 Å². The molecular weight excluding hydrogens is 212 g/mol. The lowest BCUT2D eigenvalue weighted by Gasteiger charge is -2.26. The van der Waals surface area contributed by atoms with E-state index >= 15 is 0 Å². The van der Waals surface area contributed by atoms with Gasteiger partial charge in [0.15, 0.2) is 0 Å². The lowest BCUT2D eigenvalue weighted by molar-refractivity contribution is 0.0891. The van der Waals surface area contributed by atoms with Gasteiger partial charge >= 0.3 is 0 Å². The highest BCUT2D eigenvalue weighted by atomic mass is 16.3. The van der Waals surface area contributed by atoms with E-state index in [1.807, 2.05) is 30.3 Å². The van der Waals surface area contributed by atoms with Gasteiger partial charge in [-0.15, -0.1) is 0 Å². The molecule has 3 heteroatoms. The molecule has 3 N–H and O–H groups in total. The fourth-order valence-corrected chi connectivity index (χ4v) is 2.52. The zero-order valence-corrected chi connectivity index (χ0v) is 10.3. The van der Waals surface area contributed by atoms with Crippen LogP contribution in [0.25, 0.3) is 0 Å². The molecule has 0 amide bonds. The molecule has 0 aliphatic carbocycles. The summed E-state index contributed by atoms with van der Waals surface area (Å²) in [6, 6.07) is 9.83. The summed E-state index contributed by atoms with van der Waals surface area (Å²) in [5.41, 5.74) is 6.78. The van der Waals surface area contributed by atoms with Crippen LogP contribution < -0.4 is 5.73 Å². The number of aliphatic hydroxyl groups is 1. The van der Waals surface area contributed by atoms with Crippen molar-refractivity contribution in [2.75, 3.05) is 26.2 Å². The van der Waals surface area contributed by atoms with Gasteiger partial charge in [0.1, 0.15) is 0 Å². The van der Waals surface area contributed by atoms with Crippen LogP contribution in [0.5, 0.6) is 0 Å². The number of rotatable bonds is 5. The summed E-state index contributed by atoms with van der Waals surface area (Å²) in [5, 5.41) is 10.3. The first-order valence-corrected chi connectivity index (χ1v) is 6.46. The predicted molar refractivity (Wildman–Crippen MR) is 69.6 cm³/mol. The number of nitrogens with two attached hydrogens (primary N) is 1. The third-order valence-electron chi connectivity index (χ3n) is 3.58. The van der Waals surface area contributed by atoms with Crippen LogP contribution in [0.1, 0.15) is 24.5 Å². The van der Waals surface area contributed by atoms with E-state index in [-0.39, 0.29) is 5.92 Å². The molecule has 1 saturated heterocycles. The van der Waals surface area contributed by atoms with E-state index in [9.17, 15) is 5.11 Å². The van der Waals surface area contributed by atoms with Crippen molar-refractivity contribution in [3.05, 3.63) is 35.9 Å². The van der Waals surface area contributed by atoms with Crippen LogP contribution in [0.15, 0.2) is 30.3 Å². The first-order valence-electron chi connectivity index (χ1n) is 6.46. The zero-order valence-electron chi connectivity index (χ0n) is 10.3. The largest absolute Gasteiger partial charge is 0.388 e. The van der Waals surface area contributed by atoms with E-state index in [1.165, 1.54) is 12.8 Å². The SMILES string of the molecule is NC[C@H](CN1CCCC1)[C@@H](O)c1ccccc1. The fraction of sp³-hybridized carbons (Fsp3) is 0.571. The van der Waals surface area contributed by atoms with Crippen LogP contribution in [-0.4, -0.2) is 36.2 Å². The van der Waals surface area contributed by atoms with Crippen molar-refractivity contribution in [2.24, 2.45) is 11.7 Å². The number of aliphatic hydroxyl groups excluding tert-OH is 1. The van der Waals surface area contributed by atoms with E-state index in [4.69, 9.17) is 5.73 Å². The first-order chi connectivity index (χ1) is 8.31. The third kappa shape index (κ3) is 3.28. The molecule has 2 rings (SSSR count). The molecule has 0 aromatic heterocycles. The van der Waals surface area contributed by atoms with Crippen molar-refractivity contribution in [2.45, 2.75) is 18.9 Å². The highest BCUT2D eigenvalue weighted by Gasteiger charge is 2.23. The van der Waals surface area contributed by atoms with Gasteiger partial charge in [-0.3, -0.25) is 0 Å². The zero-order chi connectivity index (χ0) is 12.1. The Kier molecular flexibility index (Phi) is 4.54. The van der Waals surface area contributed by atoms with Crippen molar-refractivity contribution < 1.29 is 5.11 Å². The molecule has 2 atom stereocenters. The minimum absolute atomic E-state index is 0.135. The van der Waals surface area contributed by atoms with Crippen molar-refractivity contribution in [3.63, 3.8) is 0 Å². The average Bonchev–Trinajstić information content (AvgIpc) is 2.89. The van der Waals surface area contributed by atoms with Gasteiger partial charge in [0, 0.05) is 12.5 Å². The lowest BCUT2D eigenvalue weighted by Crippen LogP contribution is -2.34. The van der Waals surface area contributed by atoms with Gasteiger partial charge in [-0.2, -0.15) is 0 Å². The maximum absolute atomic E-state index is 10.3. The second-order valence-electron chi connectivity index (χ2n) is 4.86. The van der Waals surface area contributed by atoms with Crippen LogP contribution in [-0.2, 0) is 0 Å². The molecule has 1 fully saturated rings. The molecule has 1 aromatic rings. The Labute approximate surface area is 103 Å². The highest BCUT2D eigenvalue weighted by Crippen LogP contribution is 2.23. The number of benzene rings is 1. The standard InChI is InChI=1S/C14H22N2O/c15-10-13(11-16-8-4-5-9-16)14(17)12-6-2-1-3-7-12/h1-3,6-7,13-14,17H,4-5,8-11,15H2/t13-,14+/m1/s1. The van der Waals surface area contributed by atoms with Gasteiger partial charge in [-0.25, -0.2) is 0 Å². The fourth-order valence-electron chi connectivity index (χ4n) is 2.52. The molecule has 94 valence electrons. The maximum atomic E-state index is 10.3. The van der Waals surface area contributed by atoms with Crippen molar-refractivity contribution in [1.29, 1.82) is 0 Å². The Bertz CT molecular complexity index is 322. The van der Waals surface area contributed by atoms with Crippen molar-refractivity contribution >= 4 is 0 Å². The van der Waals surface area contributed by atoms with E-state index in [2.05, 4.69) is 4.90 Å². The minimum Gasteiger partial charge on any atom is -0.388 e. The monoisotopic (exact) mass is 234 g/mol. The minimum atomic E-state index is -0.443. The quantitative estimate of drug-likeness (QED) is 0.809. The topological polar surface area (TPSA) is 49.5 Å². The second kappa shape index (κ2) is 6.15. The molecule has 3 nitrogen and oxygen atoms in total. The molecule has 0 saturated carbocycles. The maximum Gasteiger partial charge on any atom is 0.0842 e. The number of likely N-dealkylation sites (tertiary alicyclic amines) is 1. The molecule has 1 heterocycles. The van der Waals surface area contributed by atoms with Crippen LogP contribution in [0.3, 0.4) is 0 Å². The van der Waals surface area contributed by atoms with Gasteiger partial charge in [-0.05, 0) is 38.0 Å². The van der Waals surface area contributed by atoms with Crippen LogP contribution >= 0.6 is 0 Å². The molecule has 0 unspecified atom stereocenters. The van der Waals surface area contributed by atoms with Crippen LogP contribution in [0.2, 0.25) is 0 Å². The summed E-state index contributed by atoms with van der Waals surface area (Å²) in [5.74, 6) is 0.135. The number of hydrogen-bond acceptors (Lipinski definition) is 3. The summed E-state index contributed by atoms with van der Waals surface area (Å²) in [6.07, 6.45) is 2.11. The summed E-state index contributed by atoms with van der Waals surface area (Å²) in [6.45, 7) is 3.75. The Morgan fingerprint density at radius 1 is 1.18 bits per heavy atom. The van der Waals surface area contributed by atoms with Gasteiger partial charge in [0.05, 0.1) is 6.10 Å². The predicted octanol–water partition coefficient (Wildman–Crippen LogP) is 1.39. The average molecular weight is 234 g/mol. The molecule has 1 aliphatic heterocycles. The summed E-state index contributed by atoms with van der Waals surface area (Å²) in [7, 11) is 0. The Morgan fingerprint density at radius 3 is 2.41 bits per heavy atom. The van der Waals surface area contributed by atoms with Gasteiger partial charge in [-0.1, -0.05) is 30.3 Å². The van der Waals surface area contributed by atoms with E-state index in [0.717, 1.165) is 25.2 Å². The molecule has 0 bridgehead atoms.